The number of hydrogen-bond donors (Lipinski definition) is 2. The first-order chi connectivity index (χ1) is 12.5. The quantitative estimate of drug-likeness (QED) is 0.647. The molecule has 0 saturated carbocycles. The molecule has 1 fully saturated rings. The van der Waals surface area contributed by atoms with E-state index in [0.717, 1.165) is 37.0 Å². The maximum atomic E-state index is 6.07. The highest BCUT2D eigenvalue weighted by molar-refractivity contribution is 5.79. The maximum absolute atomic E-state index is 6.07. The van der Waals surface area contributed by atoms with Gasteiger partial charge in [-0.25, -0.2) is 0 Å². The minimum Gasteiger partial charge on any atom is -0.377 e. The number of fused-ring (bicyclic) bond motifs is 1. The van der Waals surface area contributed by atoms with E-state index in [1.165, 1.54) is 6.42 Å². The van der Waals surface area contributed by atoms with E-state index in [9.17, 15) is 0 Å². The number of aliphatic imine (C=N–C) groups is 1. The molecule has 26 heavy (non-hydrogen) atoms. The van der Waals surface area contributed by atoms with Crippen molar-refractivity contribution in [2.75, 3.05) is 20.2 Å². The van der Waals surface area contributed by atoms with Crippen LogP contribution in [0.25, 0.3) is 5.65 Å². The molecule has 0 aromatic carbocycles. The highest BCUT2D eigenvalue weighted by Gasteiger charge is 2.35. The van der Waals surface area contributed by atoms with Gasteiger partial charge in [-0.2, -0.15) is 0 Å². The SMILES string of the molecule is CN=C(NCc1nnc2ccccn12)NCC1CCCOC1C(C)(C)C. The number of ether oxygens (including phenoxy) is 1. The largest absolute Gasteiger partial charge is 0.377 e. The van der Waals surface area contributed by atoms with E-state index in [-0.39, 0.29) is 11.5 Å². The molecule has 1 aliphatic heterocycles. The molecule has 3 rings (SSSR count). The molecular weight excluding hydrogens is 328 g/mol. The van der Waals surface area contributed by atoms with Crippen molar-refractivity contribution in [1.29, 1.82) is 0 Å². The topological polar surface area (TPSA) is 75.8 Å². The number of nitrogens with zero attached hydrogens (tertiary/aromatic N) is 4. The van der Waals surface area contributed by atoms with Crippen molar-refractivity contribution >= 4 is 11.6 Å². The lowest BCUT2D eigenvalue weighted by atomic mass is 9.78. The van der Waals surface area contributed by atoms with Gasteiger partial charge in [0.25, 0.3) is 0 Å². The van der Waals surface area contributed by atoms with Gasteiger partial charge in [0, 0.05) is 32.3 Å². The Kier molecular flexibility index (Phi) is 5.76. The second kappa shape index (κ2) is 8.03. The van der Waals surface area contributed by atoms with Gasteiger partial charge in [-0.1, -0.05) is 26.8 Å². The maximum Gasteiger partial charge on any atom is 0.191 e. The smallest absolute Gasteiger partial charge is 0.191 e. The lowest BCUT2D eigenvalue weighted by Crippen LogP contribution is -2.47. The number of pyridine rings is 1. The number of nitrogens with one attached hydrogen (secondary N) is 2. The van der Waals surface area contributed by atoms with Gasteiger partial charge in [-0.15, -0.1) is 10.2 Å². The van der Waals surface area contributed by atoms with E-state index in [0.29, 0.717) is 12.5 Å². The highest BCUT2D eigenvalue weighted by Crippen LogP contribution is 2.33. The Hall–Kier alpha value is -2.15. The number of aromatic nitrogens is 3. The molecule has 2 aromatic rings. The first-order valence-electron chi connectivity index (χ1n) is 9.34. The van der Waals surface area contributed by atoms with Crippen LogP contribution in [0.1, 0.15) is 39.4 Å². The molecule has 0 bridgehead atoms. The highest BCUT2D eigenvalue weighted by atomic mass is 16.5. The molecule has 1 saturated heterocycles. The van der Waals surface area contributed by atoms with Crippen LogP contribution in [0.5, 0.6) is 0 Å². The van der Waals surface area contributed by atoms with Crippen LogP contribution in [0.3, 0.4) is 0 Å². The second-order valence-corrected chi connectivity index (χ2v) is 7.91. The molecule has 0 spiro atoms. The van der Waals surface area contributed by atoms with Gasteiger partial charge in [0.2, 0.25) is 0 Å². The van der Waals surface area contributed by atoms with Crippen molar-refractivity contribution in [3.05, 3.63) is 30.2 Å². The van der Waals surface area contributed by atoms with E-state index < -0.39 is 0 Å². The summed E-state index contributed by atoms with van der Waals surface area (Å²) < 4.78 is 8.04. The van der Waals surface area contributed by atoms with Gasteiger partial charge >= 0.3 is 0 Å². The van der Waals surface area contributed by atoms with E-state index >= 15 is 0 Å². The number of guanidine groups is 1. The van der Waals surface area contributed by atoms with Crippen molar-refractivity contribution in [2.24, 2.45) is 16.3 Å². The van der Waals surface area contributed by atoms with E-state index in [1.54, 1.807) is 7.05 Å². The fourth-order valence-electron chi connectivity index (χ4n) is 3.63. The Morgan fingerprint density at radius 1 is 1.31 bits per heavy atom. The molecule has 1 aliphatic rings. The zero-order valence-corrected chi connectivity index (χ0v) is 16.2. The summed E-state index contributed by atoms with van der Waals surface area (Å²) in [7, 11) is 1.79. The van der Waals surface area contributed by atoms with Crippen LogP contribution in [0, 0.1) is 11.3 Å². The standard InChI is InChI=1S/C19H30N6O/c1-19(2,3)17-14(8-7-11-26-17)12-21-18(20-4)22-13-16-24-23-15-9-5-6-10-25(15)16/h5-6,9-10,14,17H,7-8,11-13H2,1-4H3,(H2,20,21,22). The molecule has 2 atom stereocenters. The Balaban J connectivity index is 1.56. The van der Waals surface area contributed by atoms with Gasteiger partial charge in [0.05, 0.1) is 12.6 Å². The van der Waals surface area contributed by atoms with Crippen LogP contribution in [0.15, 0.2) is 29.4 Å². The zero-order valence-electron chi connectivity index (χ0n) is 16.2. The lowest BCUT2D eigenvalue weighted by molar-refractivity contribution is -0.0835. The van der Waals surface area contributed by atoms with Crippen LogP contribution in [-0.2, 0) is 11.3 Å². The molecule has 7 heteroatoms. The van der Waals surface area contributed by atoms with Gasteiger partial charge in [0.1, 0.15) is 0 Å². The normalized spacial score (nSPS) is 21.8. The summed E-state index contributed by atoms with van der Waals surface area (Å²) in [6.45, 7) is 9.03. The van der Waals surface area contributed by atoms with E-state index in [4.69, 9.17) is 4.74 Å². The summed E-state index contributed by atoms with van der Waals surface area (Å²) in [4.78, 5) is 4.34. The third-order valence-corrected chi connectivity index (χ3v) is 4.85. The Labute approximate surface area is 155 Å². The molecule has 7 nitrogen and oxygen atoms in total. The minimum absolute atomic E-state index is 0.143. The molecular formula is C19H30N6O. The van der Waals surface area contributed by atoms with Crippen molar-refractivity contribution in [3.63, 3.8) is 0 Å². The predicted molar refractivity (Wildman–Crippen MR) is 103 cm³/mol. The summed E-state index contributed by atoms with van der Waals surface area (Å²) >= 11 is 0. The average molecular weight is 358 g/mol. The van der Waals surface area contributed by atoms with Crippen LogP contribution in [0.4, 0.5) is 0 Å². The molecule has 0 aliphatic carbocycles. The summed E-state index contributed by atoms with van der Waals surface area (Å²) in [5, 5.41) is 15.2. The molecule has 0 amide bonds. The van der Waals surface area contributed by atoms with Gasteiger partial charge in [0.15, 0.2) is 17.4 Å². The van der Waals surface area contributed by atoms with Crippen LogP contribution in [-0.4, -0.2) is 46.9 Å². The summed E-state index contributed by atoms with van der Waals surface area (Å²) in [6, 6.07) is 5.88. The average Bonchev–Trinajstić information content (AvgIpc) is 3.05. The molecule has 2 aromatic heterocycles. The fourth-order valence-corrected chi connectivity index (χ4v) is 3.63. The summed E-state index contributed by atoms with van der Waals surface area (Å²) in [5.74, 6) is 2.12. The van der Waals surface area contributed by atoms with Gasteiger partial charge in [-0.3, -0.25) is 9.39 Å². The predicted octanol–water partition coefficient (Wildman–Crippen LogP) is 2.24. The van der Waals surface area contributed by atoms with Crippen LogP contribution in [0.2, 0.25) is 0 Å². The number of hydrogen-bond acceptors (Lipinski definition) is 4. The first-order valence-corrected chi connectivity index (χ1v) is 9.34. The molecule has 0 radical (unpaired) electrons. The van der Waals surface area contributed by atoms with E-state index in [2.05, 4.69) is 46.6 Å². The molecule has 3 heterocycles. The Bertz CT molecular complexity index is 748. The second-order valence-electron chi connectivity index (χ2n) is 7.91. The Morgan fingerprint density at radius 3 is 2.92 bits per heavy atom. The fraction of sp³-hybridized carbons (Fsp3) is 0.632. The van der Waals surface area contributed by atoms with Crippen molar-refractivity contribution in [2.45, 2.75) is 46.3 Å². The number of rotatable bonds is 4. The summed E-state index contributed by atoms with van der Waals surface area (Å²) in [5.41, 5.74) is 0.990. The third-order valence-electron chi connectivity index (χ3n) is 4.85. The molecule has 2 unspecified atom stereocenters. The zero-order chi connectivity index (χ0) is 18.6. The van der Waals surface area contributed by atoms with Crippen molar-refractivity contribution in [1.82, 2.24) is 25.2 Å². The lowest BCUT2D eigenvalue weighted by Gasteiger charge is -2.40. The molecule has 142 valence electrons. The third kappa shape index (κ3) is 4.33. The van der Waals surface area contributed by atoms with E-state index in [1.807, 2.05) is 28.8 Å². The van der Waals surface area contributed by atoms with Gasteiger partial charge < -0.3 is 15.4 Å². The Morgan fingerprint density at radius 2 is 2.15 bits per heavy atom. The first kappa shape index (κ1) is 18.6. The van der Waals surface area contributed by atoms with Crippen molar-refractivity contribution < 1.29 is 4.74 Å². The van der Waals surface area contributed by atoms with Crippen LogP contribution >= 0.6 is 0 Å². The monoisotopic (exact) mass is 358 g/mol. The minimum atomic E-state index is 0.143. The van der Waals surface area contributed by atoms with Crippen molar-refractivity contribution in [3.8, 4) is 0 Å². The molecule has 2 N–H and O–H groups in total. The van der Waals surface area contributed by atoms with Gasteiger partial charge in [-0.05, 0) is 30.4 Å². The van der Waals surface area contributed by atoms with Crippen LogP contribution < -0.4 is 10.6 Å². The summed E-state index contributed by atoms with van der Waals surface area (Å²) in [6.07, 6.45) is 4.54.